The van der Waals surface area contributed by atoms with Gasteiger partial charge >= 0.3 is 0 Å². The SMILES string of the molecule is CSc1ncc(Cl)c(C(=O)NCC(C)(O)CC(C)C)n1. The van der Waals surface area contributed by atoms with Crippen LogP contribution in [0.5, 0.6) is 0 Å². The van der Waals surface area contributed by atoms with Crippen LogP contribution in [-0.2, 0) is 0 Å². The van der Waals surface area contributed by atoms with Crippen molar-refractivity contribution in [2.24, 2.45) is 5.92 Å². The van der Waals surface area contributed by atoms with Crippen LogP contribution in [0.25, 0.3) is 0 Å². The average molecular weight is 318 g/mol. The van der Waals surface area contributed by atoms with Crippen LogP contribution in [0.4, 0.5) is 0 Å². The number of aromatic nitrogens is 2. The smallest absolute Gasteiger partial charge is 0.271 e. The summed E-state index contributed by atoms with van der Waals surface area (Å²) in [7, 11) is 0. The minimum Gasteiger partial charge on any atom is -0.388 e. The highest BCUT2D eigenvalue weighted by atomic mass is 35.5. The Morgan fingerprint density at radius 1 is 1.60 bits per heavy atom. The predicted molar refractivity (Wildman–Crippen MR) is 81.2 cm³/mol. The molecule has 5 nitrogen and oxygen atoms in total. The van der Waals surface area contributed by atoms with Crippen LogP contribution in [-0.4, -0.2) is 39.4 Å². The highest BCUT2D eigenvalue weighted by Gasteiger charge is 2.24. The molecule has 1 rings (SSSR count). The van der Waals surface area contributed by atoms with E-state index in [0.29, 0.717) is 17.5 Å². The first kappa shape index (κ1) is 17.2. The third-order valence-corrected chi connectivity index (χ3v) is 3.44. The van der Waals surface area contributed by atoms with Crippen molar-refractivity contribution < 1.29 is 9.90 Å². The number of rotatable bonds is 6. The molecule has 0 aliphatic carbocycles. The Morgan fingerprint density at radius 2 is 2.25 bits per heavy atom. The Bertz CT molecular complexity index is 481. The fourth-order valence-corrected chi connectivity index (χ4v) is 2.43. The maximum atomic E-state index is 12.1. The Kier molecular flexibility index (Phi) is 6.23. The van der Waals surface area contributed by atoms with Gasteiger partial charge in [-0.25, -0.2) is 9.97 Å². The lowest BCUT2D eigenvalue weighted by Gasteiger charge is -2.25. The lowest BCUT2D eigenvalue weighted by Crippen LogP contribution is -2.41. The maximum Gasteiger partial charge on any atom is 0.271 e. The zero-order chi connectivity index (χ0) is 15.3. The van der Waals surface area contributed by atoms with Crippen molar-refractivity contribution in [3.8, 4) is 0 Å². The number of nitrogens with zero attached hydrogens (tertiary/aromatic N) is 2. The highest BCUT2D eigenvalue weighted by molar-refractivity contribution is 7.98. The molecule has 1 unspecified atom stereocenters. The molecular formula is C13H20ClN3O2S. The first-order chi connectivity index (χ1) is 9.25. The summed E-state index contributed by atoms with van der Waals surface area (Å²) in [4.78, 5) is 20.1. The molecule has 0 aliphatic rings. The molecule has 1 heterocycles. The van der Waals surface area contributed by atoms with E-state index in [9.17, 15) is 9.90 Å². The summed E-state index contributed by atoms with van der Waals surface area (Å²) in [5.74, 6) is -0.0654. The number of amides is 1. The number of hydrogen-bond acceptors (Lipinski definition) is 5. The standard InChI is InChI=1S/C13H20ClN3O2S/c1-8(2)5-13(3,19)7-16-11(18)10-9(14)6-15-12(17-10)20-4/h6,8,19H,5,7H2,1-4H3,(H,16,18). The minimum absolute atomic E-state index is 0.131. The Morgan fingerprint density at radius 3 is 2.80 bits per heavy atom. The molecule has 1 amide bonds. The molecule has 2 N–H and O–H groups in total. The van der Waals surface area contributed by atoms with E-state index in [4.69, 9.17) is 11.6 Å². The largest absolute Gasteiger partial charge is 0.388 e. The van der Waals surface area contributed by atoms with E-state index in [1.807, 2.05) is 20.1 Å². The summed E-state index contributed by atoms with van der Waals surface area (Å²) in [6.45, 7) is 5.88. The van der Waals surface area contributed by atoms with Crippen LogP contribution >= 0.6 is 23.4 Å². The van der Waals surface area contributed by atoms with E-state index in [1.54, 1.807) is 6.92 Å². The number of nitrogens with one attached hydrogen (secondary N) is 1. The fourth-order valence-electron chi connectivity index (χ4n) is 1.91. The summed E-state index contributed by atoms with van der Waals surface area (Å²) in [6.07, 6.45) is 3.82. The van der Waals surface area contributed by atoms with Gasteiger partial charge in [0.2, 0.25) is 0 Å². The third-order valence-electron chi connectivity index (χ3n) is 2.60. The van der Waals surface area contributed by atoms with E-state index < -0.39 is 11.5 Å². The van der Waals surface area contributed by atoms with Crippen molar-refractivity contribution in [2.75, 3.05) is 12.8 Å². The highest BCUT2D eigenvalue weighted by Crippen LogP contribution is 2.18. The van der Waals surface area contributed by atoms with E-state index in [0.717, 1.165) is 0 Å². The van der Waals surface area contributed by atoms with Crippen molar-refractivity contribution in [1.82, 2.24) is 15.3 Å². The predicted octanol–water partition coefficient (Wildman–Crippen LogP) is 2.38. The molecule has 20 heavy (non-hydrogen) atoms. The van der Waals surface area contributed by atoms with E-state index >= 15 is 0 Å². The second-order valence-electron chi connectivity index (χ2n) is 5.33. The Labute approximate surface area is 128 Å². The molecular weight excluding hydrogens is 298 g/mol. The van der Waals surface area contributed by atoms with Crippen LogP contribution < -0.4 is 5.32 Å². The van der Waals surface area contributed by atoms with Gasteiger partial charge in [0, 0.05) is 6.54 Å². The number of carbonyl (C=O) groups is 1. The van der Waals surface area contributed by atoms with Crippen LogP contribution in [0, 0.1) is 5.92 Å². The van der Waals surface area contributed by atoms with Gasteiger partial charge in [0.25, 0.3) is 5.91 Å². The molecule has 0 saturated heterocycles. The lowest BCUT2D eigenvalue weighted by atomic mass is 9.94. The fraction of sp³-hybridized carbons (Fsp3) is 0.615. The monoisotopic (exact) mass is 317 g/mol. The summed E-state index contributed by atoms with van der Waals surface area (Å²) < 4.78 is 0. The molecule has 112 valence electrons. The Balaban J connectivity index is 2.72. The second kappa shape index (κ2) is 7.24. The molecule has 1 aromatic rings. The number of carbonyl (C=O) groups excluding carboxylic acids is 1. The van der Waals surface area contributed by atoms with E-state index in [2.05, 4.69) is 15.3 Å². The molecule has 0 aromatic carbocycles. The van der Waals surface area contributed by atoms with E-state index in [1.165, 1.54) is 18.0 Å². The summed E-state index contributed by atoms with van der Waals surface area (Å²) in [6, 6.07) is 0. The van der Waals surface area contributed by atoms with Gasteiger partial charge in [-0.1, -0.05) is 37.2 Å². The molecule has 7 heteroatoms. The zero-order valence-electron chi connectivity index (χ0n) is 12.1. The van der Waals surface area contributed by atoms with Crippen molar-refractivity contribution in [3.63, 3.8) is 0 Å². The van der Waals surface area contributed by atoms with Gasteiger partial charge in [-0.15, -0.1) is 0 Å². The van der Waals surface area contributed by atoms with Gasteiger partial charge in [0.1, 0.15) is 0 Å². The van der Waals surface area contributed by atoms with Crippen molar-refractivity contribution in [2.45, 2.75) is 37.9 Å². The van der Waals surface area contributed by atoms with Gasteiger partial charge < -0.3 is 10.4 Å². The lowest BCUT2D eigenvalue weighted by molar-refractivity contribution is 0.0367. The minimum atomic E-state index is -0.953. The van der Waals surface area contributed by atoms with Crippen molar-refractivity contribution in [1.29, 1.82) is 0 Å². The van der Waals surface area contributed by atoms with Gasteiger partial charge in [-0.3, -0.25) is 4.79 Å². The average Bonchev–Trinajstić information content (AvgIpc) is 2.35. The zero-order valence-corrected chi connectivity index (χ0v) is 13.7. The van der Waals surface area contributed by atoms with E-state index in [-0.39, 0.29) is 17.3 Å². The Hall–Kier alpha value is -0.850. The van der Waals surface area contributed by atoms with Crippen LogP contribution in [0.15, 0.2) is 11.4 Å². The van der Waals surface area contributed by atoms with Crippen molar-refractivity contribution in [3.05, 3.63) is 16.9 Å². The summed E-state index contributed by atoms with van der Waals surface area (Å²) in [5.41, 5.74) is -0.822. The molecule has 0 aliphatic heterocycles. The molecule has 0 fully saturated rings. The first-order valence-electron chi connectivity index (χ1n) is 6.32. The maximum absolute atomic E-state index is 12.1. The molecule has 1 aromatic heterocycles. The summed E-state index contributed by atoms with van der Waals surface area (Å²) in [5, 5.41) is 13.5. The molecule has 0 radical (unpaired) electrons. The first-order valence-corrected chi connectivity index (χ1v) is 7.92. The van der Waals surface area contributed by atoms with Gasteiger partial charge in [0.15, 0.2) is 10.9 Å². The molecule has 1 atom stereocenters. The second-order valence-corrected chi connectivity index (χ2v) is 6.51. The van der Waals surface area contributed by atoms with Gasteiger partial charge in [-0.2, -0.15) is 0 Å². The topological polar surface area (TPSA) is 75.1 Å². The number of aliphatic hydroxyl groups is 1. The number of thioether (sulfide) groups is 1. The van der Waals surface area contributed by atoms with Gasteiger partial charge in [-0.05, 0) is 25.5 Å². The van der Waals surface area contributed by atoms with Crippen molar-refractivity contribution >= 4 is 29.3 Å². The molecule has 0 saturated carbocycles. The third kappa shape index (κ3) is 5.26. The number of hydrogen-bond donors (Lipinski definition) is 2. The number of halogens is 1. The normalized spacial score (nSPS) is 14.2. The van der Waals surface area contributed by atoms with Crippen LogP contribution in [0.2, 0.25) is 5.02 Å². The van der Waals surface area contributed by atoms with Gasteiger partial charge in [0.05, 0.1) is 16.8 Å². The van der Waals surface area contributed by atoms with Crippen LogP contribution in [0.1, 0.15) is 37.7 Å². The molecule has 0 bridgehead atoms. The molecule has 0 spiro atoms. The van der Waals surface area contributed by atoms with Crippen LogP contribution in [0.3, 0.4) is 0 Å². The quantitative estimate of drug-likeness (QED) is 0.622. The summed E-state index contributed by atoms with van der Waals surface area (Å²) >= 11 is 7.26.